The predicted octanol–water partition coefficient (Wildman–Crippen LogP) is 1.20. The normalized spacial score (nSPS) is 24.8. The minimum atomic E-state index is -0.310. The molecular formula is C18H26N6O. The van der Waals surface area contributed by atoms with Crippen molar-refractivity contribution in [2.24, 2.45) is 0 Å². The monoisotopic (exact) mass is 342 g/mol. The summed E-state index contributed by atoms with van der Waals surface area (Å²) in [6.45, 7) is 8.70. The van der Waals surface area contributed by atoms with Gasteiger partial charge in [-0.2, -0.15) is 0 Å². The minimum absolute atomic E-state index is 0.120. The van der Waals surface area contributed by atoms with Crippen LogP contribution in [0.15, 0.2) is 24.5 Å². The van der Waals surface area contributed by atoms with E-state index < -0.39 is 0 Å². The van der Waals surface area contributed by atoms with E-state index in [2.05, 4.69) is 43.4 Å². The maximum absolute atomic E-state index is 10.2. The maximum atomic E-state index is 10.2. The van der Waals surface area contributed by atoms with Crippen LogP contribution in [0.25, 0.3) is 0 Å². The van der Waals surface area contributed by atoms with Gasteiger partial charge >= 0.3 is 0 Å². The molecule has 25 heavy (non-hydrogen) atoms. The number of aromatic nitrogens is 4. The number of aliphatic hydroxyl groups excluding tert-OH is 1. The molecule has 0 bridgehead atoms. The third-order valence-corrected chi connectivity index (χ3v) is 5.36. The molecule has 1 saturated heterocycles. The van der Waals surface area contributed by atoms with Crippen molar-refractivity contribution in [3.8, 4) is 0 Å². The summed E-state index contributed by atoms with van der Waals surface area (Å²) < 4.78 is 2.27. The molecular weight excluding hydrogens is 316 g/mol. The fourth-order valence-corrected chi connectivity index (χ4v) is 3.93. The minimum Gasteiger partial charge on any atom is -0.392 e. The van der Waals surface area contributed by atoms with E-state index in [9.17, 15) is 5.11 Å². The Morgan fingerprint density at radius 2 is 2.00 bits per heavy atom. The number of fused-ring (bicyclic) bond motifs is 1. The molecule has 0 unspecified atom stereocenters. The highest BCUT2D eigenvalue weighted by Gasteiger charge is 2.36. The zero-order valence-corrected chi connectivity index (χ0v) is 14.9. The molecule has 4 heterocycles. The molecule has 0 aliphatic carbocycles. The van der Waals surface area contributed by atoms with Gasteiger partial charge in [0.05, 0.1) is 18.7 Å². The maximum Gasteiger partial charge on any atom is 0.150 e. The van der Waals surface area contributed by atoms with Crippen molar-refractivity contribution in [2.75, 3.05) is 13.1 Å². The highest BCUT2D eigenvalue weighted by atomic mass is 16.3. The van der Waals surface area contributed by atoms with Gasteiger partial charge in [-0.25, -0.2) is 0 Å². The molecule has 0 saturated carbocycles. The van der Waals surface area contributed by atoms with Crippen molar-refractivity contribution in [3.63, 3.8) is 0 Å². The largest absolute Gasteiger partial charge is 0.392 e. The van der Waals surface area contributed by atoms with Crippen LogP contribution in [0.2, 0.25) is 0 Å². The Labute approximate surface area is 148 Å². The van der Waals surface area contributed by atoms with E-state index in [1.807, 2.05) is 24.5 Å². The third kappa shape index (κ3) is 3.31. The number of hydrogen-bond donors (Lipinski definition) is 1. The summed E-state index contributed by atoms with van der Waals surface area (Å²) in [6, 6.07) is 4.70. The summed E-state index contributed by atoms with van der Waals surface area (Å²) in [5, 5.41) is 19.2. The second-order valence-corrected chi connectivity index (χ2v) is 7.38. The first-order valence-electron chi connectivity index (χ1n) is 9.09. The number of likely N-dealkylation sites (tertiary alicyclic amines) is 1. The van der Waals surface area contributed by atoms with Gasteiger partial charge in [-0.3, -0.25) is 14.8 Å². The molecule has 1 N–H and O–H groups in total. The molecule has 7 nitrogen and oxygen atoms in total. The van der Waals surface area contributed by atoms with Crippen molar-refractivity contribution < 1.29 is 5.11 Å². The van der Waals surface area contributed by atoms with Crippen molar-refractivity contribution in [1.29, 1.82) is 0 Å². The van der Waals surface area contributed by atoms with Gasteiger partial charge in [0.2, 0.25) is 0 Å². The Morgan fingerprint density at radius 3 is 2.76 bits per heavy atom. The Hall–Kier alpha value is -1.83. The van der Waals surface area contributed by atoms with Gasteiger partial charge in [0.1, 0.15) is 5.82 Å². The lowest BCUT2D eigenvalue weighted by molar-refractivity contribution is 0.164. The van der Waals surface area contributed by atoms with Gasteiger partial charge in [-0.1, -0.05) is 0 Å². The smallest absolute Gasteiger partial charge is 0.150 e. The van der Waals surface area contributed by atoms with Crippen molar-refractivity contribution in [2.45, 2.75) is 58.1 Å². The van der Waals surface area contributed by atoms with E-state index in [1.54, 1.807) is 0 Å². The van der Waals surface area contributed by atoms with Crippen molar-refractivity contribution >= 4 is 0 Å². The SMILES string of the molecule is CC(C)N1CCn2c(nnc2[C@@H]2C[C@@H](O)CN2Cc2ccncc2)C1. The van der Waals surface area contributed by atoms with Crippen LogP contribution in [0, 0.1) is 0 Å². The molecule has 4 rings (SSSR count). The van der Waals surface area contributed by atoms with Crippen LogP contribution in [0.1, 0.15) is 43.5 Å². The summed E-state index contributed by atoms with van der Waals surface area (Å²) in [7, 11) is 0. The molecule has 134 valence electrons. The van der Waals surface area contributed by atoms with Crippen LogP contribution in [-0.4, -0.2) is 59.9 Å². The molecule has 2 atom stereocenters. The molecule has 7 heteroatoms. The van der Waals surface area contributed by atoms with E-state index in [0.717, 1.165) is 44.2 Å². The number of β-amino-alcohol motifs (C(OH)–C–C–N with tert-alkyl or cyclic N) is 1. The van der Waals surface area contributed by atoms with Crippen LogP contribution in [-0.2, 0) is 19.6 Å². The number of pyridine rings is 1. The molecule has 2 aliphatic heterocycles. The summed E-state index contributed by atoms with van der Waals surface area (Å²) in [5.74, 6) is 2.05. The summed E-state index contributed by atoms with van der Waals surface area (Å²) >= 11 is 0. The number of hydrogen-bond acceptors (Lipinski definition) is 6. The fourth-order valence-electron chi connectivity index (χ4n) is 3.93. The molecule has 1 fully saturated rings. The average molecular weight is 342 g/mol. The van der Waals surface area contributed by atoms with Crippen LogP contribution in [0.4, 0.5) is 0 Å². The molecule has 0 spiro atoms. The highest BCUT2D eigenvalue weighted by molar-refractivity contribution is 5.13. The van der Waals surface area contributed by atoms with E-state index >= 15 is 0 Å². The van der Waals surface area contributed by atoms with E-state index in [1.165, 1.54) is 5.56 Å². The summed E-state index contributed by atoms with van der Waals surface area (Å²) in [4.78, 5) is 8.82. The first-order valence-corrected chi connectivity index (χ1v) is 9.09. The van der Waals surface area contributed by atoms with Gasteiger partial charge in [0.25, 0.3) is 0 Å². The van der Waals surface area contributed by atoms with Crippen molar-refractivity contribution in [1.82, 2.24) is 29.5 Å². The van der Waals surface area contributed by atoms with Gasteiger partial charge in [-0.15, -0.1) is 10.2 Å². The zero-order chi connectivity index (χ0) is 17.4. The van der Waals surface area contributed by atoms with Crippen molar-refractivity contribution in [3.05, 3.63) is 41.7 Å². The number of aliphatic hydroxyl groups is 1. The van der Waals surface area contributed by atoms with E-state index in [0.29, 0.717) is 12.6 Å². The van der Waals surface area contributed by atoms with E-state index in [-0.39, 0.29) is 12.1 Å². The lowest BCUT2D eigenvalue weighted by atomic mass is 10.1. The third-order valence-electron chi connectivity index (χ3n) is 5.36. The van der Waals surface area contributed by atoms with Gasteiger partial charge in [0, 0.05) is 44.6 Å². The number of nitrogens with zero attached hydrogens (tertiary/aromatic N) is 6. The number of rotatable bonds is 4. The van der Waals surface area contributed by atoms with E-state index in [4.69, 9.17) is 0 Å². The second kappa shape index (κ2) is 6.82. The zero-order valence-electron chi connectivity index (χ0n) is 14.9. The first kappa shape index (κ1) is 16.6. The first-order chi connectivity index (χ1) is 12.1. The molecule has 0 amide bonds. The average Bonchev–Trinajstić information content (AvgIpc) is 3.18. The molecule has 2 aromatic rings. The van der Waals surface area contributed by atoms with Gasteiger partial charge in [-0.05, 0) is 38.0 Å². The topological polar surface area (TPSA) is 70.3 Å². The standard InChI is InChI=1S/C18H26N6O/c1-13(2)22-7-8-24-17(12-22)20-21-18(24)16-9-15(25)11-23(16)10-14-3-5-19-6-4-14/h3-6,13,15-16,25H,7-12H2,1-2H3/t15-,16+/m1/s1. The van der Waals surface area contributed by atoms with Gasteiger partial charge in [0.15, 0.2) is 5.82 Å². The van der Waals surface area contributed by atoms with Crippen LogP contribution in [0.3, 0.4) is 0 Å². The predicted molar refractivity (Wildman–Crippen MR) is 93.6 cm³/mol. The Morgan fingerprint density at radius 1 is 1.20 bits per heavy atom. The molecule has 0 aromatic carbocycles. The summed E-state index contributed by atoms with van der Waals surface area (Å²) in [6.07, 6.45) is 4.04. The summed E-state index contributed by atoms with van der Waals surface area (Å²) in [5.41, 5.74) is 1.21. The van der Waals surface area contributed by atoms with Gasteiger partial charge < -0.3 is 9.67 Å². The Balaban J connectivity index is 1.56. The fraction of sp³-hybridized carbons (Fsp3) is 0.611. The lowest BCUT2D eigenvalue weighted by Crippen LogP contribution is -2.39. The molecule has 2 aromatic heterocycles. The second-order valence-electron chi connectivity index (χ2n) is 7.38. The molecule has 0 radical (unpaired) electrons. The Kier molecular flexibility index (Phi) is 4.54. The quantitative estimate of drug-likeness (QED) is 0.900. The van der Waals surface area contributed by atoms with Crippen LogP contribution >= 0.6 is 0 Å². The van der Waals surface area contributed by atoms with Crippen LogP contribution in [0.5, 0.6) is 0 Å². The van der Waals surface area contributed by atoms with Crippen LogP contribution < -0.4 is 0 Å². The highest BCUT2D eigenvalue weighted by Crippen LogP contribution is 2.33. The lowest BCUT2D eigenvalue weighted by Gasteiger charge is -2.32. The Bertz CT molecular complexity index is 716. The molecule has 2 aliphatic rings.